The summed E-state index contributed by atoms with van der Waals surface area (Å²) in [6.45, 7) is 1.62. The number of nitrogens with one attached hydrogen (secondary N) is 1. The summed E-state index contributed by atoms with van der Waals surface area (Å²) in [5, 5.41) is 4.76. The van der Waals surface area contributed by atoms with Crippen LogP contribution >= 0.6 is 23.2 Å². The van der Waals surface area contributed by atoms with E-state index >= 15 is 0 Å². The van der Waals surface area contributed by atoms with E-state index in [0.29, 0.717) is 22.2 Å². The van der Waals surface area contributed by atoms with Crippen molar-refractivity contribution < 1.29 is 9.53 Å². The lowest BCUT2D eigenvalue weighted by Gasteiger charge is -2.14. The number of hydrogen-bond acceptors (Lipinski definition) is 3. The molecule has 0 heterocycles. The number of carbonyl (C=O) groups is 1. The van der Waals surface area contributed by atoms with E-state index in [4.69, 9.17) is 27.9 Å². The Labute approximate surface area is 145 Å². The second-order valence-electron chi connectivity index (χ2n) is 4.81. The molecule has 2 aromatic rings. The van der Waals surface area contributed by atoms with E-state index in [-0.39, 0.29) is 5.91 Å². The van der Waals surface area contributed by atoms with Crippen LogP contribution in [0.2, 0.25) is 10.0 Å². The molecule has 1 amide bonds. The van der Waals surface area contributed by atoms with Crippen molar-refractivity contribution in [2.24, 2.45) is 5.10 Å². The first-order chi connectivity index (χ1) is 11.1. The molecule has 0 saturated heterocycles. The van der Waals surface area contributed by atoms with E-state index in [9.17, 15) is 4.79 Å². The van der Waals surface area contributed by atoms with Gasteiger partial charge in [-0.2, -0.15) is 5.10 Å². The third-order valence-electron chi connectivity index (χ3n) is 3.00. The van der Waals surface area contributed by atoms with Gasteiger partial charge in [-0.3, -0.25) is 4.79 Å². The molecule has 0 aliphatic carbocycles. The zero-order chi connectivity index (χ0) is 16.7. The molecule has 0 spiro atoms. The number of rotatable bonds is 6. The highest BCUT2D eigenvalue weighted by Crippen LogP contribution is 2.28. The van der Waals surface area contributed by atoms with E-state index in [0.717, 1.165) is 5.56 Å². The van der Waals surface area contributed by atoms with Gasteiger partial charge in [0.25, 0.3) is 5.91 Å². The predicted molar refractivity (Wildman–Crippen MR) is 93.3 cm³/mol. The lowest BCUT2D eigenvalue weighted by Crippen LogP contribution is -2.33. The maximum absolute atomic E-state index is 11.9. The van der Waals surface area contributed by atoms with Gasteiger partial charge in [-0.25, -0.2) is 5.43 Å². The van der Waals surface area contributed by atoms with Crippen LogP contribution in [-0.2, 0) is 11.2 Å². The van der Waals surface area contributed by atoms with Crippen LogP contribution in [0.4, 0.5) is 0 Å². The average Bonchev–Trinajstić information content (AvgIpc) is 2.55. The molecule has 4 nitrogen and oxygen atoms in total. The molecule has 2 rings (SSSR count). The minimum atomic E-state index is -0.734. The topological polar surface area (TPSA) is 50.7 Å². The average molecular weight is 351 g/mol. The fraction of sp³-hybridized carbons (Fsp3) is 0.176. The Bertz CT molecular complexity index is 690. The maximum Gasteiger partial charge on any atom is 0.280 e. The van der Waals surface area contributed by atoms with Crippen LogP contribution in [0.15, 0.2) is 53.6 Å². The van der Waals surface area contributed by atoms with Crippen LogP contribution in [0, 0.1) is 0 Å². The summed E-state index contributed by atoms with van der Waals surface area (Å²) in [6.07, 6.45) is 1.54. The van der Waals surface area contributed by atoms with E-state index in [1.165, 1.54) is 0 Å². The second-order valence-corrected chi connectivity index (χ2v) is 5.66. The molecule has 120 valence electrons. The summed E-state index contributed by atoms with van der Waals surface area (Å²) in [5.74, 6) is 0.0345. The molecule has 23 heavy (non-hydrogen) atoms. The van der Waals surface area contributed by atoms with Crippen molar-refractivity contribution >= 4 is 35.3 Å². The Kier molecular flexibility index (Phi) is 6.44. The van der Waals surface area contributed by atoms with Crippen molar-refractivity contribution in [1.29, 1.82) is 0 Å². The molecule has 1 atom stereocenters. The fourth-order valence-corrected chi connectivity index (χ4v) is 2.23. The third-order valence-corrected chi connectivity index (χ3v) is 3.53. The molecule has 0 aromatic heterocycles. The van der Waals surface area contributed by atoms with Gasteiger partial charge in [0.2, 0.25) is 0 Å². The zero-order valence-corrected chi connectivity index (χ0v) is 14.0. The number of halogens is 2. The van der Waals surface area contributed by atoms with Crippen LogP contribution < -0.4 is 10.2 Å². The summed E-state index contributed by atoms with van der Waals surface area (Å²) >= 11 is 11.8. The summed E-state index contributed by atoms with van der Waals surface area (Å²) in [5.41, 5.74) is 3.55. The molecule has 2 aromatic carbocycles. The van der Waals surface area contributed by atoms with Gasteiger partial charge in [-0.1, -0.05) is 53.5 Å². The Hall–Kier alpha value is -2.04. The number of hydrazone groups is 1. The minimum Gasteiger partial charge on any atom is -0.479 e. The van der Waals surface area contributed by atoms with Gasteiger partial charge in [0.05, 0.1) is 5.02 Å². The van der Waals surface area contributed by atoms with Gasteiger partial charge < -0.3 is 4.74 Å². The van der Waals surface area contributed by atoms with E-state index in [1.54, 1.807) is 31.3 Å². The highest BCUT2D eigenvalue weighted by Gasteiger charge is 2.15. The largest absolute Gasteiger partial charge is 0.479 e. The van der Waals surface area contributed by atoms with Gasteiger partial charge in [0.15, 0.2) is 6.10 Å². The Morgan fingerprint density at radius 3 is 2.70 bits per heavy atom. The highest BCUT2D eigenvalue weighted by molar-refractivity contribution is 6.35. The molecule has 1 unspecified atom stereocenters. The number of ether oxygens (including phenoxy) is 1. The molecule has 0 bridgehead atoms. The first-order valence-electron chi connectivity index (χ1n) is 7.03. The van der Waals surface area contributed by atoms with E-state index in [1.807, 2.05) is 30.3 Å². The molecule has 1 N–H and O–H groups in total. The standard InChI is InChI=1S/C17H16Cl2N2O2/c1-12(23-16-8-7-14(18)11-15(16)19)17(22)21-20-10-9-13-5-3-2-4-6-13/h2-8,10-12H,9H2,1H3,(H,21,22)/b20-10+. The second kappa shape index (κ2) is 8.56. The van der Waals surface area contributed by atoms with Crippen molar-refractivity contribution in [3.8, 4) is 5.75 Å². The highest BCUT2D eigenvalue weighted by atomic mass is 35.5. The summed E-state index contributed by atoms with van der Waals surface area (Å²) in [4.78, 5) is 11.9. The van der Waals surface area contributed by atoms with Crippen LogP contribution in [0.25, 0.3) is 0 Å². The van der Waals surface area contributed by atoms with Crippen molar-refractivity contribution in [2.75, 3.05) is 0 Å². The fourth-order valence-electron chi connectivity index (χ4n) is 1.78. The zero-order valence-electron chi connectivity index (χ0n) is 12.5. The van der Waals surface area contributed by atoms with Crippen molar-refractivity contribution in [1.82, 2.24) is 5.43 Å². The molecular weight excluding hydrogens is 335 g/mol. The van der Waals surface area contributed by atoms with Crippen molar-refractivity contribution in [3.63, 3.8) is 0 Å². The monoisotopic (exact) mass is 350 g/mol. The lowest BCUT2D eigenvalue weighted by atomic mass is 10.2. The molecule has 0 aliphatic rings. The normalized spacial score (nSPS) is 12.1. The van der Waals surface area contributed by atoms with Crippen molar-refractivity contribution in [2.45, 2.75) is 19.4 Å². The van der Waals surface area contributed by atoms with Crippen molar-refractivity contribution in [3.05, 3.63) is 64.1 Å². The van der Waals surface area contributed by atoms with E-state index in [2.05, 4.69) is 10.5 Å². The molecular formula is C17H16Cl2N2O2. The quantitative estimate of drug-likeness (QED) is 0.629. The SMILES string of the molecule is CC(Oc1ccc(Cl)cc1Cl)C(=O)N/N=C/Cc1ccccc1. The molecule has 0 saturated carbocycles. The molecule has 6 heteroatoms. The minimum absolute atomic E-state index is 0.352. The van der Waals surface area contributed by atoms with Gasteiger partial charge >= 0.3 is 0 Å². The number of nitrogens with zero attached hydrogens (tertiary/aromatic N) is 1. The van der Waals surface area contributed by atoms with Gasteiger partial charge in [-0.05, 0) is 30.7 Å². The Balaban J connectivity index is 1.83. The molecule has 0 radical (unpaired) electrons. The number of hydrogen-bond donors (Lipinski definition) is 1. The Morgan fingerprint density at radius 2 is 2.00 bits per heavy atom. The summed E-state index contributed by atoms with van der Waals surface area (Å²) in [6, 6.07) is 14.6. The summed E-state index contributed by atoms with van der Waals surface area (Å²) < 4.78 is 5.50. The Morgan fingerprint density at radius 1 is 1.26 bits per heavy atom. The van der Waals surface area contributed by atoms with Crippen LogP contribution in [-0.4, -0.2) is 18.2 Å². The number of amides is 1. The van der Waals surface area contributed by atoms with Gasteiger partial charge in [0.1, 0.15) is 5.75 Å². The van der Waals surface area contributed by atoms with Gasteiger partial charge in [0, 0.05) is 17.7 Å². The van der Waals surface area contributed by atoms with Crippen LogP contribution in [0.1, 0.15) is 12.5 Å². The number of carbonyl (C=O) groups excluding carboxylic acids is 1. The van der Waals surface area contributed by atoms with Crippen LogP contribution in [0.5, 0.6) is 5.75 Å². The first kappa shape index (κ1) is 17.3. The first-order valence-corrected chi connectivity index (χ1v) is 7.79. The third kappa shape index (κ3) is 5.58. The molecule has 0 aliphatic heterocycles. The summed E-state index contributed by atoms with van der Waals surface area (Å²) in [7, 11) is 0. The van der Waals surface area contributed by atoms with E-state index < -0.39 is 6.10 Å². The predicted octanol–water partition coefficient (Wildman–Crippen LogP) is 4.11. The number of benzene rings is 2. The molecule has 0 fully saturated rings. The maximum atomic E-state index is 11.9. The smallest absolute Gasteiger partial charge is 0.280 e. The van der Waals surface area contributed by atoms with Gasteiger partial charge in [-0.15, -0.1) is 0 Å². The lowest BCUT2D eigenvalue weighted by molar-refractivity contribution is -0.127. The van der Waals surface area contributed by atoms with Crippen LogP contribution in [0.3, 0.4) is 0 Å².